The van der Waals surface area contributed by atoms with Crippen molar-refractivity contribution >= 4 is 17.0 Å². The van der Waals surface area contributed by atoms with Crippen LogP contribution in [0.15, 0.2) is 29.6 Å². The third-order valence-corrected chi connectivity index (χ3v) is 14.1. The quantitative estimate of drug-likeness (QED) is 0.247. The Morgan fingerprint density at radius 1 is 1.00 bits per heavy atom. The van der Waals surface area contributed by atoms with Gasteiger partial charge >= 0.3 is 0 Å². The predicted octanol–water partition coefficient (Wildman–Crippen LogP) is 9.01. The zero-order valence-corrected chi connectivity index (χ0v) is 28.0. The smallest absolute Gasteiger partial charge is 0.140 e. The van der Waals surface area contributed by atoms with Gasteiger partial charge in [-0.15, -0.1) is 0 Å². The fourth-order valence-corrected chi connectivity index (χ4v) is 11.8. The van der Waals surface area contributed by atoms with Crippen LogP contribution in [0.2, 0.25) is 0 Å². The van der Waals surface area contributed by atoms with E-state index in [-0.39, 0.29) is 11.5 Å². The Balaban J connectivity index is 0.849. The summed E-state index contributed by atoms with van der Waals surface area (Å²) >= 11 is 0. The highest BCUT2D eigenvalue weighted by Gasteiger charge is 2.59. The van der Waals surface area contributed by atoms with Crippen LogP contribution in [-0.4, -0.2) is 36.6 Å². The molecule has 0 amide bonds. The van der Waals surface area contributed by atoms with E-state index in [4.69, 9.17) is 14.7 Å². The summed E-state index contributed by atoms with van der Waals surface area (Å²) in [6.45, 7) is 12.4. The molecule has 0 bridgehead atoms. The van der Waals surface area contributed by atoms with Crippen molar-refractivity contribution in [3.8, 4) is 5.75 Å². The fraction of sp³-hybridized carbons (Fsp3) is 0.725. The highest BCUT2D eigenvalue weighted by molar-refractivity contribution is 5.92. The van der Waals surface area contributed by atoms with Crippen LogP contribution in [0.1, 0.15) is 127 Å². The first-order chi connectivity index (χ1) is 21.8. The van der Waals surface area contributed by atoms with E-state index in [0.717, 1.165) is 93.2 Å². The highest BCUT2D eigenvalue weighted by atomic mass is 16.6. The standard InChI is InChI=1S/C40H56N2O3/c1-26-23-27(33-24-28-10-7-20-42-21-8-11-32(37(28)42)38(33)45-26)9-5-4-6-22-44-41-36-15-14-34-31-13-12-29-25-30(43)16-18-39(29,2)35(31)17-19-40(34,36)3/h23-24,29-31,34-35,43H,1,4-22,25H2,2-3H3/b41-36-/t29-,30+,31-,34-,35-,39-,40-/m0/s1. The number of aliphatic hydroxyl groups is 1. The minimum Gasteiger partial charge on any atom is -0.457 e. The molecule has 0 unspecified atom stereocenters. The van der Waals surface area contributed by atoms with Gasteiger partial charge in [-0.2, -0.15) is 0 Å². The lowest BCUT2D eigenvalue weighted by atomic mass is 9.45. The minimum atomic E-state index is -0.0598. The van der Waals surface area contributed by atoms with E-state index < -0.39 is 0 Å². The Bertz CT molecular complexity index is 1390. The average molecular weight is 613 g/mol. The fourth-order valence-electron chi connectivity index (χ4n) is 11.8. The molecule has 8 rings (SSSR count). The van der Waals surface area contributed by atoms with E-state index in [0.29, 0.717) is 5.41 Å². The third-order valence-electron chi connectivity index (χ3n) is 14.1. The lowest BCUT2D eigenvalue weighted by molar-refractivity contribution is -0.114. The summed E-state index contributed by atoms with van der Waals surface area (Å²) < 4.78 is 6.31. The van der Waals surface area contributed by atoms with Crippen molar-refractivity contribution in [2.75, 3.05) is 24.6 Å². The van der Waals surface area contributed by atoms with Crippen molar-refractivity contribution in [1.29, 1.82) is 0 Å². The summed E-state index contributed by atoms with van der Waals surface area (Å²) in [4.78, 5) is 8.66. The molecule has 3 aliphatic heterocycles. The van der Waals surface area contributed by atoms with Crippen LogP contribution in [0.5, 0.6) is 5.75 Å². The van der Waals surface area contributed by atoms with Gasteiger partial charge in [-0.05, 0) is 162 Å². The maximum Gasteiger partial charge on any atom is 0.140 e. The number of fused-ring (bicyclic) bond motifs is 7. The third kappa shape index (κ3) is 5.09. The number of hydrogen-bond donors (Lipinski definition) is 1. The largest absolute Gasteiger partial charge is 0.457 e. The van der Waals surface area contributed by atoms with E-state index in [9.17, 15) is 5.11 Å². The second-order valence-corrected chi connectivity index (χ2v) is 16.4. The van der Waals surface area contributed by atoms with Crippen molar-refractivity contribution in [2.45, 2.75) is 129 Å². The minimum absolute atomic E-state index is 0.0598. The number of rotatable bonds is 7. The van der Waals surface area contributed by atoms with E-state index in [1.807, 2.05) is 0 Å². The molecule has 7 aliphatic rings. The van der Waals surface area contributed by atoms with Crippen LogP contribution in [0.4, 0.5) is 5.69 Å². The number of benzene rings is 1. The number of nitrogens with zero attached hydrogens (tertiary/aromatic N) is 2. The second-order valence-electron chi connectivity index (χ2n) is 16.4. The van der Waals surface area contributed by atoms with Crippen LogP contribution in [0, 0.1) is 34.5 Å². The first kappa shape index (κ1) is 30.1. The monoisotopic (exact) mass is 612 g/mol. The topological polar surface area (TPSA) is 54.3 Å². The lowest BCUT2D eigenvalue weighted by Gasteiger charge is -2.60. The first-order valence-corrected chi connectivity index (χ1v) is 18.7. The number of aryl methyl sites for hydroxylation is 1. The number of unbranched alkanes of at least 4 members (excludes halogenated alkanes) is 2. The molecule has 0 saturated heterocycles. The predicted molar refractivity (Wildman–Crippen MR) is 183 cm³/mol. The molecule has 1 aromatic carbocycles. The molecule has 0 aromatic heterocycles. The van der Waals surface area contributed by atoms with Gasteiger partial charge in [0.25, 0.3) is 0 Å². The Labute approximate surface area is 271 Å². The number of oxime groups is 1. The number of allylic oxidation sites excluding steroid dienone is 2. The van der Waals surface area contributed by atoms with E-state index in [1.54, 1.807) is 0 Å². The molecule has 244 valence electrons. The maximum atomic E-state index is 10.4. The van der Waals surface area contributed by atoms with Crippen molar-refractivity contribution < 1.29 is 14.7 Å². The molecule has 0 spiro atoms. The van der Waals surface area contributed by atoms with Crippen LogP contribution in [-0.2, 0) is 17.7 Å². The molecule has 1 aromatic rings. The molecule has 45 heavy (non-hydrogen) atoms. The maximum absolute atomic E-state index is 10.4. The summed E-state index contributed by atoms with van der Waals surface area (Å²) in [6, 6.07) is 2.44. The molecule has 7 atom stereocenters. The molecule has 4 saturated carbocycles. The summed E-state index contributed by atoms with van der Waals surface area (Å²) in [5.74, 6) is 5.04. The van der Waals surface area contributed by atoms with Crippen molar-refractivity contribution in [3.63, 3.8) is 0 Å². The summed E-state index contributed by atoms with van der Waals surface area (Å²) in [7, 11) is 0. The van der Waals surface area contributed by atoms with Crippen LogP contribution in [0.3, 0.4) is 0 Å². The highest BCUT2D eigenvalue weighted by Crippen LogP contribution is 2.65. The second kappa shape index (κ2) is 11.8. The van der Waals surface area contributed by atoms with E-state index >= 15 is 0 Å². The number of anilines is 1. The van der Waals surface area contributed by atoms with Crippen LogP contribution < -0.4 is 9.64 Å². The molecule has 4 aliphatic carbocycles. The van der Waals surface area contributed by atoms with Crippen LogP contribution in [0.25, 0.3) is 5.57 Å². The van der Waals surface area contributed by atoms with Gasteiger partial charge in [0.05, 0.1) is 11.8 Å². The molecule has 0 radical (unpaired) electrons. The zero-order valence-electron chi connectivity index (χ0n) is 28.0. The first-order valence-electron chi connectivity index (χ1n) is 18.7. The number of hydrogen-bond acceptors (Lipinski definition) is 5. The summed E-state index contributed by atoms with van der Waals surface area (Å²) in [6.07, 6.45) is 22.3. The van der Waals surface area contributed by atoms with Gasteiger partial charge in [-0.3, -0.25) is 0 Å². The zero-order chi connectivity index (χ0) is 30.8. The van der Waals surface area contributed by atoms with Crippen molar-refractivity contribution in [3.05, 3.63) is 41.2 Å². The Morgan fingerprint density at radius 2 is 1.87 bits per heavy atom. The molecule has 5 heteroatoms. The molecule has 1 N–H and O–H groups in total. The van der Waals surface area contributed by atoms with Crippen molar-refractivity contribution in [2.24, 2.45) is 39.7 Å². The van der Waals surface area contributed by atoms with Gasteiger partial charge < -0.3 is 19.6 Å². The average Bonchev–Trinajstić information content (AvgIpc) is 3.37. The summed E-state index contributed by atoms with van der Waals surface area (Å²) in [5.41, 5.74) is 9.16. The van der Waals surface area contributed by atoms with Crippen LogP contribution >= 0.6 is 0 Å². The van der Waals surface area contributed by atoms with Gasteiger partial charge in [0.1, 0.15) is 18.1 Å². The lowest BCUT2D eigenvalue weighted by Crippen LogP contribution is -2.54. The van der Waals surface area contributed by atoms with Gasteiger partial charge in [0, 0.05) is 35.3 Å². The Morgan fingerprint density at radius 3 is 2.76 bits per heavy atom. The van der Waals surface area contributed by atoms with Crippen molar-refractivity contribution in [1.82, 2.24) is 0 Å². The van der Waals surface area contributed by atoms with Gasteiger partial charge in [0.15, 0.2) is 0 Å². The van der Waals surface area contributed by atoms with Gasteiger partial charge in [0.2, 0.25) is 0 Å². The Kier molecular flexibility index (Phi) is 7.86. The van der Waals surface area contributed by atoms with Gasteiger partial charge in [-0.1, -0.05) is 25.6 Å². The van der Waals surface area contributed by atoms with E-state index in [1.165, 1.54) is 105 Å². The van der Waals surface area contributed by atoms with Gasteiger partial charge in [-0.25, -0.2) is 0 Å². The normalized spacial score (nSPS) is 37.5. The molecule has 3 heterocycles. The number of aliphatic hydroxyl groups excluding tert-OH is 1. The number of ether oxygens (including phenoxy) is 1. The molecular weight excluding hydrogens is 556 g/mol. The molecule has 4 fully saturated rings. The SMILES string of the molecule is C=C1C=C(CCCCCO/N=C2/CC[C@H]3[C@@H]4CC[C@H]5C[C@H](O)CC[C@]5(C)[C@H]4CC[C@]23C)c2cc3c4c(c2O1)CCCN4CCC3. The molecule has 5 nitrogen and oxygen atoms in total. The van der Waals surface area contributed by atoms with E-state index in [2.05, 4.69) is 37.5 Å². The molecular formula is C40H56N2O3. The Hall–Kier alpha value is -2.27. The summed E-state index contributed by atoms with van der Waals surface area (Å²) in [5, 5.41) is 15.2.